The van der Waals surface area contributed by atoms with Crippen LogP contribution in [-0.2, 0) is 9.53 Å². The van der Waals surface area contributed by atoms with Crippen molar-refractivity contribution in [3.05, 3.63) is 0 Å². The van der Waals surface area contributed by atoms with Crippen molar-refractivity contribution in [2.45, 2.75) is 26.2 Å². The van der Waals surface area contributed by atoms with E-state index in [-0.39, 0.29) is 5.92 Å². The predicted octanol–water partition coefficient (Wildman–Crippen LogP) is 1.21. The molecule has 2 aliphatic heterocycles. The Morgan fingerprint density at radius 2 is 2.06 bits per heavy atom. The van der Waals surface area contributed by atoms with E-state index in [0.29, 0.717) is 5.41 Å². The van der Waals surface area contributed by atoms with E-state index in [1.807, 2.05) is 0 Å². The van der Waals surface area contributed by atoms with Gasteiger partial charge in [-0.1, -0.05) is 6.92 Å². The first kappa shape index (κ1) is 11.9. The van der Waals surface area contributed by atoms with Crippen LogP contribution in [0.2, 0.25) is 0 Å². The van der Waals surface area contributed by atoms with Gasteiger partial charge in [-0.25, -0.2) is 0 Å². The molecule has 0 amide bonds. The van der Waals surface area contributed by atoms with E-state index < -0.39 is 5.97 Å². The molecule has 16 heavy (non-hydrogen) atoms. The molecule has 2 aliphatic rings. The molecule has 1 unspecified atom stereocenters. The van der Waals surface area contributed by atoms with Crippen LogP contribution in [0, 0.1) is 11.3 Å². The van der Waals surface area contributed by atoms with Crippen LogP contribution in [0.15, 0.2) is 0 Å². The maximum absolute atomic E-state index is 10.7. The van der Waals surface area contributed by atoms with E-state index in [9.17, 15) is 4.79 Å². The van der Waals surface area contributed by atoms with Gasteiger partial charge in [-0.15, -0.1) is 0 Å². The summed E-state index contributed by atoms with van der Waals surface area (Å²) in [6.45, 7) is 6.80. The molecule has 0 saturated carbocycles. The van der Waals surface area contributed by atoms with Crippen molar-refractivity contribution in [2.75, 3.05) is 32.8 Å². The molecule has 0 radical (unpaired) electrons. The lowest BCUT2D eigenvalue weighted by atomic mass is 9.73. The summed E-state index contributed by atoms with van der Waals surface area (Å²) >= 11 is 0. The number of nitrogens with zero attached hydrogens (tertiary/aromatic N) is 1. The second-order valence-electron chi connectivity index (χ2n) is 5.35. The lowest BCUT2D eigenvalue weighted by Crippen LogP contribution is -2.58. The first-order chi connectivity index (χ1) is 7.61. The third-order valence-electron chi connectivity index (χ3n) is 3.97. The highest BCUT2D eigenvalue weighted by Gasteiger charge is 2.43. The van der Waals surface area contributed by atoms with Crippen LogP contribution in [0.1, 0.15) is 26.2 Å². The molecule has 4 nitrogen and oxygen atoms in total. The molecule has 2 heterocycles. The number of carboxylic acid groups (broad SMARTS) is 1. The Morgan fingerprint density at radius 1 is 1.44 bits per heavy atom. The van der Waals surface area contributed by atoms with Gasteiger partial charge in [-0.05, 0) is 25.8 Å². The van der Waals surface area contributed by atoms with E-state index in [2.05, 4.69) is 4.90 Å². The topological polar surface area (TPSA) is 49.8 Å². The molecule has 2 rings (SSSR count). The van der Waals surface area contributed by atoms with Crippen LogP contribution in [-0.4, -0.2) is 48.8 Å². The Balaban J connectivity index is 1.66. The zero-order chi connectivity index (χ0) is 11.6. The predicted molar refractivity (Wildman–Crippen MR) is 60.3 cm³/mol. The van der Waals surface area contributed by atoms with Crippen molar-refractivity contribution in [3.8, 4) is 0 Å². The Bertz CT molecular complexity index is 253. The van der Waals surface area contributed by atoms with Crippen LogP contribution in [0.25, 0.3) is 0 Å². The van der Waals surface area contributed by atoms with Crippen molar-refractivity contribution < 1.29 is 14.6 Å². The van der Waals surface area contributed by atoms with Gasteiger partial charge >= 0.3 is 5.97 Å². The number of likely N-dealkylation sites (tertiary alicyclic amines) is 1. The lowest BCUT2D eigenvalue weighted by molar-refractivity contribution is -0.141. The largest absolute Gasteiger partial charge is 0.481 e. The van der Waals surface area contributed by atoms with Crippen LogP contribution >= 0.6 is 0 Å². The lowest BCUT2D eigenvalue weighted by Gasteiger charge is -2.52. The molecule has 0 bridgehead atoms. The molecule has 92 valence electrons. The fourth-order valence-electron chi connectivity index (χ4n) is 2.68. The smallest absolute Gasteiger partial charge is 0.306 e. The zero-order valence-corrected chi connectivity index (χ0v) is 9.95. The standard InChI is InChI=1S/C12H21NO3/c1-10(11(14)15)2-5-13-8-12(9-13)3-6-16-7-4-12/h10H,2-9H2,1H3,(H,14,15). The highest BCUT2D eigenvalue weighted by Crippen LogP contribution is 2.39. The van der Waals surface area contributed by atoms with Gasteiger partial charge in [0.15, 0.2) is 0 Å². The summed E-state index contributed by atoms with van der Waals surface area (Å²) < 4.78 is 5.37. The molecule has 0 aromatic heterocycles. The number of rotatable bonds is 4. The molecule has 2 fully saturated rings. The number of ether oxygens (including phenoxy) is 1. The van der Waals surface area contributed by atoms with Gasteiger partial charge in [-0.2, -0.15) is 0 Å². The summed E-state index contributed by atoms with van der Waals surface area (Å²) in [6, 6.07) is 0. The van der Waals surface area contributed by atoms with Crippen molar-refractivity contribution >= 4 is 5.97 Å². The first-order valence-corrected chi connectivity index (χ1v) is 6.14. The number of carbonyl (C=O) groups is 1. The van der Waals surface area contributed by atoms with Crippen molar-refractivity contribution in [3.63, 3.8) is 0 Å². The van der Waals surface area contributed by atoms with E-state index in [4.69, 9.17) is 9.84 Å². The number of aliphatic carboxylic acids is 1. The summed E-state index contributed by atoms with van der Waals surface area (Å²) in [6.07, 6.45) is 3.12. The van der Waals surface area contributed by atoms with Crippen LogP contribution < -0.4 is 0 Å². The Kier molecular flexibility index (Phi) is 3.50. The molecule has 1 spiro atoms. The normalized spacial score (nSPS) is 26.3. The molecule has 0 aliphatic carbocycles. The van der Waals surface area contributed by atoms with Crippen molar-refractivity contribution in [2.24, 2.45) is 11.3 Å². The summed E-state index contributed by atoms with van der Waals surface area (Å²) in [5, 5.41) is 8.79. The Labute approximate surface area is 96.6 Å². The highest BCUT2D eigenvalue weighted by molar-refractivity contribution is 5.69. The summed E-state index contributed by atoms with van der Waals surface area (Å²) in [7, 11) is 0. The molecule has 0 aromatic carbocycles. The van der Waals surface area contributed by atoms with Crippen molar-refractivity contribution in [1.82, 2.24) is 4.90 Å². The quantitative estimate of drug-likeness (QED) is 0.784. The van der Waals surface area contributed by atoms with Gasteiger partial charge in [0.2, 0.25) is 0 Å². The SMILES string of the molecule is CC(CCN1CC2(CCOCC2)C1)C(=O)O. The maximum Gasteiger partial charge on any atom is 0.306 e. The van der Waals surface area contributed by atoms with Crippen molar-refractivity contribution in [1.29, 1.82) is 0 Å². The van der Waals surface area contributed by atoms with Gasteiger partial charge in [0.25, 0.3) is 0 Å². The third-order valence-corrected chi connectivity index (χ3v) is 3.97. The van der Waals surface area contributed by atoms with Crippen LogP contribution in [0.5, 0.6) is 0 Å². The fourth-order valence-corrected chi connectivity index (χ4v) is 2.68. The average molecular weight is 227 g/mol. The average Bonchev–Trinajstić information content (AvgIpc) is 2.24. The number of carboxylic acids is 1. The Hall–Kier alpha value is -0.610. The second-order valence-corrected chi connectivity index (χ2v) is 5.35. The van der Waals surface area contributed by atoms with Gasteiger partial charge in [-0.3, -0.25) is 4.79 Å². The molecule has 2 saturated heterocycles. The monoisotopic (exact) mass is 227 g/mol. The van der Waals surface area contributed by atoms with Gasteiger partial charge < -0.3 is 14.7 Å². The summed E-state index contributed by atoms with van der Waals surface area (Å²) in [4.78, 5) is 13.1. The maximum atomic E-state index is 10.7. The zero-order valence-electron chi connectivity index (χ0n) is 9.95. The third kappa shape index (κ3) is 2.55. The first-order valence-electron chi connectivity index (χ1n) is 6.14. The van der Waals surface area contributed by atoms with E-state index in [0.717, 1.165) is 39.3 Å². The van der Waals surface area contributed by atoms with Gasteiger partial charge in [0.05, 0.1) is 5.92 Å². The minimum Gasteiger partial charge on any atom is -0.481 e. The van der Waals surface area contributed by atoms with Crippen LogP contribution in [0.3, 0.4) is 0 Å². The molecular weight excluding hydrogens is 206 g/mol. The molecule has 0 aromatic rings. The van der Waals surface area contributed by atoms with Crippen LogP contribution in [0.4, 0.5) is 0 Å². The molecule has 1 N–H and O–H groups in total. The minimum atomic E-state index is -0.679. The fraction of sp³-hybridized carbons (Fsp3) is 0.917. The van der Waals surface area contributed by atoms with Gasteiger partial charge in [0.1, 0.15) is 0 Å². The molecular formula is C12H21NO3. The number of hydrogen-bond acceptors (Lipinski definition) is 3. The van der Waals surface area contributed by atoms with E-state index in [1.54, 1.807) is 6.92 Å². The van der Waals surface area contributed by atoms with E-state index in [1.165, 1.54) is 12.8 Å². The molecule has 4 heteroatoms. The Morgan fingerprint density at radius 3 is 2.62 bits per heavy atom. The minimum absolute atomic E-state index is 0.216. The highest BCUT2D eigenvalue weighted by atomic mass is 16.5. The summed E-state index contributed by atoms with van der Waals surface area (Å²) in [5.74, 6) is -0.896. The second kappa shape index (κ2) is 4.72. The molecule has 1 atom stereocenters. The number of hydrogen-bond donors (Lipinski definition) is 1. The summed E-state index contributed by atoms with van der Waals surface area (Å²) in [5.41, 5.74) is 0.505. The van der Waals surface area contributed by atoms with E-state index >= 15 is 0 Å². The van der Waals surface area contributed by atoms with Gasteiger partial charge in [0, 0.05) is 31.7 Å².